The van der Waals surface area contributed by atoms with Gasteiger partial charge >= 0.3 is 5.97 Å². The van der Waals surface area contributed by atoms with Crippen molar-refractivity contribution in [1.82, 2.24) is 9.97 Å². The van der Waals surface area contributed by atoms with E-state index in [1.165, 1.54) is 13.2 Å². The van der Waals surface area contributed by atoms with Gasteiger partial charge < -0.3 is 14.4 Å². The monoisotopic (exact) mass is 274 g/mol. The Morgan fingerprint density at radius 1 is 1.45 bits per heavy atom. The topological polar surface area (TPSA) is 88.3 Å². The van der Waals surface area contributed by atoms with E-state index in [0.29, 0.717) is 24.7 Å². The second-order valence-electron chi connectivity index (χ2n) is 4.08. The van der Waals surface area contributed by atoms with Crippen molar-refractivity contribution in [2.75, 3.05) is 38.3 Å². The summed E-state index contributed by atoms with van der Waals surface area (Å²) >= 11 is 0. The minimum atomic E-state index is -0.676. The molecule has 0 atom stereocenters. The molecule has 0 aliphatic carbocycles. The first-order chi connectivity index (χ1) is 9.74. The number of rotatable bonds is 3. The molecule has 1 fully saturated rings. The predicted octanol–water partition coefficient (Wildman–Crippen LogP) is 0.393. The number of carbonyl (C=O) groups is 1. The zero-order valence-corrected chi connectivity index (χ0v) is 11.1. The van der Waals surface area contributed by atoms with E-state index < -0.39 is 5.97 Å². The highest BCUT2D eigenvalue weighted by Gasteiger charge is 2.13. The van der Waals surface area contributed by atoms with E-state index in [0.717, 1.165) is 13.1 Å². The molecule has 0 N–H and O–H groups in total. The maximum Gasteiger partial charge on any atom is 0.348 e. The number of hydrogen-bond donors (Lipinski definition) is 0. The average molecular weight is 274 g/mol. The Hall–Kier alpha value is -2.46. The lowest BCUT2D eigenvalue weighted by Gasteiger charge is -2.26. The molecule has 0 amide bonds. The summed E-state index contributed by atoms with van der Waals surface area (Å²) in [6, 6.07) is 1.78. The van der Waals surface area contributed by atoms with E-state index in [1.807, 2.05) is 4.90 Å². The molecule has 0 spiro atoms. The number of hydrogen-bond acceptors (Lipinski definition) is 7. The molecule has 2 heterocycles. The number of anilines is 1. The summed E-state index contributed by atoms with van der Waals surface area (Å²) in [6.45, 7) is 2.82. The van der Waals surface area contributed by atoms with Gasteiger partial charge in [-0.05, 0) is 6.08 Å². The summed E-state index contributed by atoms with van der Waals surface area (Å²) in [5.41, 5.74) is 0.485. The summed E-state index contributed by atoms with van der Waals surface area (Å²) in [5.74, 6) is -0.0632. The molecule has 7 heteroatoms. The molecule has 1 aliphatic rings. The highest BCUT2D eigenvalue weighted by Crippen LogP contribution is 2.11. The van der Waals surface area contributed by atoms with Crippen LogP contribution < -0.4 is 4.90 Å². The van der Waals surface area contributed by atoms with Gasteiger partial charge in [-0.25, -0.2) is 14.8 Å². The molecule has 1 saturated heterocycles. The van der Waals surface area contributed by atoms with Gasteiger partial charge in [0, 0.05) is 31.0 Å². The fourth-order valence-electron chi connectivity index (χ4n) is 1.75. The SMILES string of the molecule is COC(=O)/C(C#N)=C/c1cnc(N2CCOCC2)nc1. The summed E-state index contributed by atoms with van der Waals surface area (Å²) in [5, 5.41) is 8.87. The lowest BCUT2D eigenvalue weighted by Crippen LogP contribution is -2.37. The number of morpholine rings is 1. The van der Waals surface area contributed by atoms with Crippen LogP contribution in [0.1, 0.15) is 5.56 Å². The second-order valence-corrected chi connectivity index (χ2v) is 4.08. The highest BCUT2D eigenvalue weighted by molar-refractivity contribution is 5.97. The van der Waals surface area contributed by atoms with Crippen LogP contribution in [0.5, 0.6) is 0 Å². The van der Waals surface area contributed by atoms with E-state index in [-0.39, 0.29) is 5.57 Å². The van der Waals surface area contributed by atoms with Crippen molar-refractivity contribution in [2.24, 2.45) is 0 Å². The first-order valence-electron chi connectivity index (χ1n) is 6.09. The molecule has 0 radical (unpaired) electrons. The molecule has 0 unspecified atom stereocenters. The minimum absolute atomic E-state index is 0.0878. The third kappa shape index (κ3) is 3.30. The van der Waals surface area contributed by atoms with Crippen molar-refractivity contribution in [1.29, 1.82) is 5.26 Å². The molecule has 104 valence electrons. The van der Waals surface area contributed by atoms with Gasteiger partial charge in [-0.2, -0.15) is 5.26 Å². The Kier molecular flexibility index (Phi) is 4.63. The Bertz CT molecular complexity index is 542. The third-order valence-electron chi connectivity index (χ3n) is 2.79. The smallest absolute Gasteiger partial charge is 0.348 e. The fraction of sp³-hybridized carbons (Fsp3) is 0.385. The van der Waals surface area contributed by atoms with Gasteiger partial charge in [-0.15, -0.1) is 0 Å². The van der Waals surface area contributed by atoms with Crippen LogP contribution in [0.2, 0.25) is 0 Å². The van der Waals surface area contributed by atoms with E-state index in [4.69, 9.17) is 10.00 Å². The molecule has 0 aromatic carbocycles. The van der Waals surface area contributed by atoms with Gasteiger partial charge in [-0.3, -0.25) is 0 Å². The predicted molar refractivity (Wildman–Crippen MR) is 70.7 cm³/mol. The van der Waals surface area contributed by atoms with E-state index in [2.05, 4.69) is 14.7 Å². The van der Waals surface area contributed by atoms with Crippen LogP contribution >= 0.6 is 0 Å². The number of carbonyl (C=O) groups excluding carboxylic acids is 1. The maximum atomic E-state index is 11.3. The molecular weight excluding hydrogens is 260 g/mol. The lowest BCUT2D eigenvalue weighted by atomic mass is 10.2. The van der Waals surface area contributed by atoms with Crippen LogP contribution in [0, 0.1) is 11.3 Å². The summed E-state index contributed by atoms with van der Waals surface area (Å²) in [6.07, 6.45) is 4.53. The van der Waals surface area contributed by atoms with Crippen molar-refractivity contribution in [3.63, 3.8) is 0 Å². The normalized spacial score (nSPS) is 15.6. The van der Waals surface area contributed by atoms with E-state index in [1.54, 1.807) is 18.5 Å². The number of ether oxygens (including phenoxy) is 2. The number of methoxy groups -OCH3 is 1. The standard InChI is InChI=1S/C13H14N4O3/c1-19-12(18)11(7-14)6-10-8-15-13(16-9-10)17-2-4-20-5-3-17/h6,8-9H,2-5H2,1H3/b11-6+. The van der Waals surface area contributed by atoms with Crippen LogP contribution in [0.15, 0.2) is 18.0 Å². The number of nitriles is 1. The van der Waals surface area contributed by atoms with Gasteiger partial charge in [0.2, 0.25) is 5.95 Å². The summed E-state index contributed by atoms with van der Waals surface area (Å²) in [4.78, 5) is 21.8. The van der Waals surface area contributed by atoms with Crippen LogP contribution in [0.4, 0.5) is 5.95 Å². The number of aromatic nitrogens is 2. The largest absolute Gasteiger partial charge is 0.465 e. The van der Waals surface area contributed by atoms with Crippen molar-refractivity contribution in [3.8, 4) is 6.07 Å². The average Bonchev–Trinajstić information content (AvgIpc) is 2.53. The van der Waals surface area contributed by atoms with Crippen LogP contribution in [0.3, 0.4) is 0 Å². The van der Waals surface area contributed by atoms with Gasteiger partial charge in [0.1, 0.15) is 11.6 Å². The van der Waals surface area contributed by atoms with Crippen molar-refractivity contribution in [3.05, 3.63) is 23.5 Å². The number of esters is 1. The summed E-state index contributed by atoms with van der Waals surface area (Å²) < 4.78 is 9.76. The van der Waals surface area contributed by atoms with Gasteiger partial charge in [-0.1, -0.05) is 0 Å². The van der Waals surface area contributed by atoms with E-state index >= 15 is 0 Å². The molecular formula is C13H14N4O3. The molecule has 1 aliphatic heterocycles. The van der Waals surface area contributed by atoms with Gasteiger partial charge in [0.05, 0.1) is 20.3 Å². The van der Waals surface area contributed by atoms with Gasteiger partial charge in [0.25, 0.3) is 0 Å². The van der Waals surface area contributed by atoms with Crippen LogP contribution in [0.25, 0.3) is 6.08 Å². The Morgan fingerprint density at radius 2 is 2.10 bits per heavy atom. The lowest BCUT2D eigenvalue weighted by molar-refractivity contribution is -0.135. The Labute approximate surface area is 116 Å². The minimum Gasteiger partial charge on any atom is -0.465 e. The molecule has 1 aromatic rings. The van der Waals surface area contributed by atoms with Crippen LogP contribution in [-0.2, 0) is 14.3 Å². The molecule has 20 heavy (non-hydrogen) atoms. The van der Waals surface area contributed by atoms with Crippen molar-refractivity contribution >= 4 is 18.0 Å². The maximum absolute atomic E-state index is 11.3. The first-order valence-corrected chi connectivity index (χ1v) is 6.09. The van der Waals surface area contributed by atoms with Gasteiger partial charge in [0.15, 0.2) is 0 Å². The second kappa shape index (κ2) is 6.63. The van der Waals surface area contributed by atoms with Crippen LogP contribution in [-0.4, -0.2) is 49.4 Å². The first kappa shape index (κ1) is 14.0. The van der Waals surface area contributed by atoms with E-state index in [9.17, 15) is 4.79 Å². The quantitative estimate of drug-likeness (QED) is 0.447. The highest BCUT2D eigenvalue weighted by atomic mass is 16.5. The molecule has 2 rings (SSSR count). The number of nitrogens with zero attached hydrogens (tertiary/aromatic N) is 4. The van der Waals surface area contributed by atoms with Crippen molar-refractivity contribution < 1.29 is 14.3 Å². The van der Waals surface area contributed by atoms with Crippen molar-refractivity contribution in [2.45, 2.75) is 0 Å². The zero-order valence-electron chi connectivity index (χ0n) is 11.1. The molecule has 7 nitrogen and oxygen atoms in total. The summed E-state index contributed by atoms with van der Waals surface area (Å²) in [7, 11) is 1.23. The molecule has 1 aromatic heterocycles. The zero-order chi connectivity index (χ0) is 14.4. The molecule has 0 saturated carbocycles. The molecule has 0 bridgehead atoms. The fourth-order valence-corrected chi connectivity index (χ4v) is 1.75. The Balaban J connectivity index is 2.13. The third-order valence-corrected chi connectivity index (χ3v) is 2.79. The Morgan fingerprint density at radius 3 is 2.65 bits per heavy atom.